The molecule has 1 rings (SSSR count). The Bertz CT molecular complexity index is 522. The van der Waals surface area contributed by atoms with Crippen molar-refractivity contribution in [3.63, 3.8) is 0 Å². The third kappa shape index (κ3) is 6.30. The SMILES string of the molecule is CCC(C)(C)c1ccc(OCCCC(=O)NC(C)C(=O)O)cc1. The standard InChI is InChI=1S/C18H27NO4/c1-5-18(3,4)14-8-10-15(11-9-14)23-12-6-7-16(20)19-13(2)17(21)22/h8-11,13H,5-7,12H2,1-4H3,(H,19,20)(H,21,22). The largest absolute Gasteiger partial charge is 0.494 e. The molecule has 0 aliphatic carbocycles. The second-order valence-corrected chi connectivity index (χ2v) is 6.34. The predicted molar refractivity (Wildman–Crippen MR) is 89.7 cm³/mol. The second-order valence-electron chi connectivity index (χ2n) is 6.34. The van der Waals surface area contributed by atoms with Gasteiger partial charge in [-0.15, -0.1) is 0 Å². The van der Waals surface area contributed by atoms with Gasteiger partial charge in [-0.1, -0.05) is 32.9 Å². The average Bonchev–Trinajstić information content (AvgIpc) is 2.52. The van der Waals surface area contributed by atoms with Crippen LogP contribution >= 0.6 is 0 Å². The van der Waals surface area contributed by atoms with Crippen LogP contribution < -0.4 is 10.1 Å². The smallest absolute Gasteiger partial charge is 0.325 e. The number of ether oxygens (including phenoxy) is 1. The van der Waals surface area contributed by atoms with Gasteiger partial charge in [0.1, 0.15) is 11.8 Å². The van der Waals surface area contributed by atoms with E-state index in [-0.39, 0.29) is 17.7 Å². The van der Waals surface area contributed by atoms with Gasteiger partial charge in [-0.2, -0.15) is 0 Å². The van der Waals surface area contributed by atoms with Crippen molar-refractivity contribution in [2.45, 2.75) is 58.4 Å². The van der Waals surface area contributed by atoms with Crippen LogP contribution in [0.15, 0.2) is 24.3 Å². The fourth-order valence-corrected chi connectivity index (χ4v) is 2.00. The first-order valence-corrected chi connectivity index (χ1v) is 8.01. The highest BCUT2D eigenvalue weighted by atomic mass is 16.5. The van der Waals surface area contributed by atoms with Gasteiger partial charge in [-0.3, -0.25) is 9.59 Å². The average molecular weight is 321 g/mol. The first kappa shape index (κ1) is 19.0. The summed E-state index contributed by atoms with van der Waals surface area (Å²) >= 11 is 0. The number of hydrogen-bond acceptors (Lipinski definition) is 3. The minimum Gasteiger partial charge on any atom is -0.494 e. The molecule has 0 radical (unpaired) electrons. The molecule has 1 amide bonds. The molecule has 1 unspecified atom stereocenters. The van der Waals surface area contributed by atoms with Crippen LogP contribution in [0.2, 0.25) is 0 Å². The highest BCUT2D eigenvalue weighted by Gasteiger charge is 2.17. The molecule has 0 aliphatic rings. The molecule has 0 saturated carbocycles. The highest BCUT2D eigenvalue weighted by molar-refractivity contribution is 5.83. The van der Waals surface area contributed by atoms with Gasteiger partial charge >= 0.3 is 5.97 Å². The number of rotatable bonds is 9. The topological polar surface area (TPSA) is 75.6 Å². The lowest BCUT2D eigenvalue weighted by Crippen LogP contribution is -2.38. The zero-order valence-electron chi connectivity index (χ0n) is 14.4. The highest BCUT2D eigenvalue weighted by Crippen LogP contribution is 2.28. The van der Waals surface area contributed by atoms with Crippen LogP contribution in [0.1, 0.15) is 52.5 Å². The molecule has 1 aromatic rings. The molecule has 0 bridgehead atoms. The quantitative estimate of drug-likeness (QED) is 0.685. The Morgan fingerprint density at radius 2 is 1.87 bits per heavy atom. The fraction of sp³-hybridized carbons (Fsp3) is 0.556. The van der Waals surface area contributed by atoms with Crippen LogP contribution in [0, 0.1) is 0 Å². The van der Waals surface area contributed by atoms with Gasteiger partial charge in [-0.25, -0.2) is 0 Å². The van der Waals surface area contributed by atoms with Crippen LogP contribution in [-0.4, -0.2) is 29.6 Å². The van der Waals surface area contributed by atoms with Crippen LogP contribution in [0.4, 0.5) is 0 Å². The maximum Gasteiger partial charge on any atom is 0.325 e. The zero-order chi connectivity index (χ0) is 17.5. The molecule has 23 heavy (non-hydrogen) atoms. The van der Waals surface area contributed by atoms with Gasteiger partial charge < -0.3 is 15.2 Å². The summed E-state index contributed by atoms with van der Waals surface area (Å²) in [5.41, 5.74) is 1.42. The number of nitrogens with one attached hydrogen (secondary N) is 1. The van der Waals surface area contributed by atoms with Crippen molar-refractivity contribution < 1.29 is 19.4 Å². The summed E-state index contributed by atoms with van der Waals surface area (Å²) < 4.78 is 5.61. The third-order valence-corrected chi connectivity index (χ3v) is 4.08. The van der Waals surface area contributed by atoms with E-state index in [9.17, 15) is 9.59 Å². The van der Waals surface area contributed by atoms with Gasteiger partial charge in [0.15, 0.2) is 0 Å². The van der Waals surface area contributed by atoms with Gasteiger partial charge in [-0.05, 0) is 42.9 Å². The lowest BCUT2D eigenvalue weighted by atomic mass is 9.82. The van der Waals surface area contributed by atoms with Crippen LogP contribution in [0.3, 0.4) is 0 Å². The number of aliphatic carboxylic acids is 1. The second kappa shape index (κ2) is 8.56. The number of carbonyl (C=O) groups excluding carboxylic acids is 1. The molecule has 0 fully saturated rings. The maximum atomic E-state index is 11.5. The summed E-state index contributed by atoms with van der Waals surface area (Å²) in [6, 6.07) is 7.16. The zero-order valence-corrected chi connectivity index (χ0v) is 14.4. The van der Waals surface area contributed by atoms with Crippen molar-refractivity contribution in [2.75, 3.05) is 6.61 Å². The Labute approximate surface area is 138 Å². The summed E-state index contributed by atoms with van der Waals surface area (Å²) in [6.07, 6.45) is 1.86. The van der Waals surface area contributed by atoms with Crippen molar-refractivity contribution >= 4 is 11.9 Å². The maximum absolute atomic E-state index is 11.5. The molecule has 0 heterocycles. The monoisotopic (exact) mass is 321 g/mol. The normalized spacial score (nSPS) is 12.5. The Hall–Kier alpha value is -2.04. The van der Waals surface area contributed by atoms with E-state index in [0.717, 1.165) is 12.2 Å². The van der Waals surface area contributed by atoms with Gasteiger partial charge in [0.25, 0.3) is 0 Å². The van der Waals surface area contributed by atoms with Crippen molar-refractivity contribution in [3.8, 4) is 5.75 Å². The molecular formula is C18H27NO4. The predicted octanol–water partition coefficient (Wildman–Crippen LogP) is 3.12. The number of amides is 1. The van der Waals surface area contributed by atoms with Crippen LogP contribution in [0.25, 0.3) is 0 Å². The van der Waals surface area contributed by atoms with E-state index in [1.54, 1.807) is 0 Å². The molecule has 128 valence electrons. The Kier molecular flexibility index (Phi) is 7.07. The molecule has 0 aromatic heterocycles. The summed E-state index contributed by atoms with van der Waals surface area (Å²) in [4.78, 5) is 22.2. The Balaban J connectivity index is 2.34. The Morgan fingerprint density at radius 1 is 1.26 bits per heavy atom. The van der Waals surface area contributed by atoms with Gasteiger partial charge in [0.2, 0.25) is 5.91 Å². The number of carbonyl (C=O) groups is 2. The van der Waals surface area contributed by atoms with E-state index in [1.807, 2.05) is 12.1 Å². The summed E-state index contributed by atoms with van der Waals surface area (Å²) in [7, 11) is 0. The lowest BCUT2D eigenvalue weighted by Gasteiger charge is -2.23. The minimum atomic E-state index is -1.04. The lowest BCUT2D eigenvalue weighted by molar-refractivity contribution is -0.141. The first-order chi connectivity index (χ1) is 10.8. The van der Waals surface area contributed by atoms with E-state index < -0.39 is 12.0 Å². The van der Waals surface area contributed by atoms with Crippen molar-refractivity contribution in [2.24, 2.45) is 0 Å². The van der Waals surface area contributed by atoms with Crippen LogP contribution in [0.5, 0.6) is 5.75 Å². The van der Waals surface area contributed by atoms with Gasteiger partial charge in [0.05, 0.1) is 6.61 Å². The molecule has 1 atom stereocenters. The molecule has 2 N–H and O–H groups in total. The van der Waals surface area contributed by atoms with Crippen molar-refractivity contribution in [1.29, 1.82) is 0 Å². The number of benzene rings is 1. The van der Waals surface area contributed by atoms with E-state index in [2.05, 4.69) is 38.2 Å². The number of carboxylic acids is 1. The van der Waals surface area contributed by atoms with E-state index in [4.69, 9.17) is 9.84 Å². The van der Waals surface area contributed by atoms with Crippen LogP contribution in [-0.2, 0) is 15.0 Å². The summed E-state index contributed by atoms with van der Waals surface area (Å²) in [6.45, 7) is 8.45. The molecular weight excluding hydrogens is 294 g/mol. The summed E-state index contributed by atoms with van der Waals surface area (Å²) in [5, 5.41) is 11.1. The molecule has 0 saturated heterocycles. The van der Waals surface area contributed by atoms with E-state index >= 15 is 0 Å². The third-order valence-electron chi connectivity index (χ3n) is 4.08. The number of carboxylic acid groups (broad SMARTS) is 1. The molecule has 0 spiro atoms. The van der Waals surface area contributed by atoms with Crippen molar-refractivity contribution in [1.82, 2.24) is 5.32 Å². The van der Waals surface area contributed by atoms with Gasteiger partial charge in [0, 0.05) is 6.42 Å². The molecule has 0 aliphatic heterocycles. The van der Waals surface area contributed by atoms with Crippen molar-refractivity contribution in [3.05, 3.63) is 29.8 Å². The number of hydrogen-bond donors (Lipinski definition) is 2. The van der Waals surface area contributed by atoms with E-state index in [0.29, 0.717) is 13.0 Å². The van der Waals surface area contributed by atoms with E-state index in [1.165, 1.54) is 12.5 Å². The minimum absolute atomic E-state index is 0.150. The summed E-state index contributed by atoms with van der Waals surface area (Å²) in [5.74, 6) is -0.534. The fourth-order valence-electron chi connectivity index (χ4n) is 2.00. The molecule has 5 heteroatoms. The first-order valence-electron chi connectivity index (χ1n) is 8.01. The molecule has 1 aromatic carbocycles. The Morgan fingerprint density at radius 3 is 2.39 bits per heavy atom. The molecule has 5 nitrogen and oxygen atoms in total.